The SMILES string of the molecule is CCCC1CC1NCCOc1cccc(Br)c1. The highest BCUT2D eigenvalue weighted by molar-refractivity contribution is 9.10. The summed E-state index contributed by atoms with van der Waals surface area (Å²) in [5.41, 5.74) is 0. The molecular weight excluding hydrogens is 278 g/mol. The van der Waals surface area contributed by atoms with Crippen LogP contribution in [0.2, 0.25) is 0 Å². The van der Waals surface area contributed by atoms with E-state index in [9.17, 15) is 0 Å². The van der Waals surface area contributed by atoms with Crippen molar-refractivity contribution in [2.45, 2.75) is 32.2 Å². The molecule has 0 bridgehead atoms. The van der Waals surface area contributed by atoms with Crippen molar-refractivity contribution in [1.29, 1.82) is 0 Å². The standard InChI is InChI=1S/C14H20BrNO/c1-2-4-11-9-14(11)16-7-8-17-13-6-3-5-12(15)10-13/h3,5-6,10-11,14,16H,2,4,7-9H2,1H3. The van der Waals surface area contributed by atoms with E-state index in [1.165, 1.54) is 19.3 Å². The smallest absolute Gasteiger partial charge is 0.120 e. The van der Waals surface area contributed by atoms with Crippen LogP contribution in [0.4, 0.5) is 0 Å². The van der Waals surface area contributed by atoms with Crippen LogP contribution in [0.5, 0.6) is 5.75 Å². The van der Waals surface area contributed by atoms with Crippen molar-refractivity contribution in [3.8, 4) is 5.75 Å². The van der Waals surface area contributed by atoms with Gasteiger partial charge in [-0.3, -0.25) is 0 Å². The minimum absolute atomic E-state index is 0.742. The predicted octanol–water partition coefficient (Wildman–Crippen LogP) is 3.61. The third-order valence-corrected chi connectivity index (χ3v) is 3.65. The largest absolute Gasteiger partial charge is 0.492 e. The lowest BCUT2D eigenvalue weighted by atomic mass is 10.2. The Morgan fingerprint density at radius 3 is 3.12 bits per heavy atom. The number of benzene rings is 1. The van der Waals surface area contributed by atoms with Crippen LogP contribution >= 0.6 is 15.9 Å². The summed E-state index contributed by atoms with van der Waals surface area (Å²) >= 11 is 3.43. The molecule has 3 heteroatoms. The van der Waals surface area contributed by atoms with Crippen LogP contribution in [0.3, 0.4) is 0 Å². The molecule has 1 aromatic carbocycles. The van der Waals surface area contributed by atoms with Crippen LogP contribution in [0.25, 0.3) is 0 Å². The molecule has 1 aromatic rings. The van der Waals surface area contributed by atoms with Crippen molar-refractivity contribution in [1.82, 2.24) is 5.32 Å². The van der Waals surface area contributed by atoms with Crippen LogP contribution in [-0.4, -0.2) is 19.2 Å². The highest BCUT2D eigenvalue weighted by atomic mass is 79.9. The molecule has 0 spiro atoms. The molecule has 94 valence electrons. The molecule has 2 nitrogen and oxygen atoms in total. The zero-order valence-electron chi connectivity index (χ0n) is 10.3. The van der Waals surface area contributed by atoms with E-state index in [-0.39, 0.29) is 0 Å². The Hall–Kier alpha value is -0.540. The molecule has 0 aliphatic heterocycles. The molecular formula is C14H20BrNO. The van der Waals surface area contributed by atoms with Gasteiger partial charge < -0.3 is 10.1 Å². The lowest BCUT2D eigenvalue weighted by Crippen LogP contribution is -2.24. The van der Waals surface area contributed by atoms with Gasteiger partial charge in [-0.25, -0.2) is 0 Å². The van der Waals surface area contributed by atoms with Gasteiger partial charge in [0.2, 0.25) is 0 Å². The Kier molecular flexibility index (Phi) is 4.86. The molecule has 0 saturated heterocycles. The summed E-state index contributed by atoms with van der Waals surface area (Å²) in [5, 5.41) is 3.54. The maximum absolute atomic E-state index is 5.67. The number of halogens is 1. The first-order chi connectivity index (χ1) is 8.29. The molecule has 2 rings (SSSR count). The fourth-order valence-corrected chi connectivity index (χ4v) is 2.54. The Morgan fingerprint density at radius 2 is 2.35 bits per heavy atom. The van der Waals surface area contributed by atoms with Gasteiger partial charge in [-0.15, -0.1) is 0 Å². The normalized spacial score (nSPS) is 22.5. The highest BCUT2D eigenvalue weighted by Crippen LogP contribution is 2.34. The van der Waals surface area contributed by atoms with Gasteiger partial charge in [0.1, 0.15) is 12.4 Å². The molecule has 1 saturated carbocycles. The Labute approximate surface area is 112 Å². The van der Waals surface area contributed by atoms with Crippen molar-refractivity contribution < 1.29 is 4.74 Å². The fraction of sp³-hybridized carbons (Fsp3) is 0.571. The summed E-state index contributed by atoms with van der Waals surface area (Å²) in [5.74, 6) is 1.85. The Balaban J connectivity index is 1.58. The van der Waals surface area contributed by atoms with Gasteiger partial charge in [0.25, 0.3) is 0 Å². The molecule has 0 radical (unpaired) electrons. The summed E-state index contributed by atoms with van der Waals surface area (Å²) in [6.45, 7) is 3.94. The molecule has 1 N–H and O–H groups in total. The van der Waals surface area contributed by atoms with Crippen molar-refractivity contribution in [2.24, 2.45) is 5.92 Å². The third-order valence-electron chi connectivity index (χ3n) is 3.16. The molecule has 1 aliphatic carbocycles. The number of hydrogen-bond acceptors (Lipinski definition) is 2. The highest BCUT2D eigenvalue weighted by Gasteiger charge is 2.34. The van der Waals surface area contributed by atoms with Gasteiger partial charge in [-0.2, -0.15) is 0 Å². The zero-order valence-corrected chi connectivity index (χ0v) is 11.9. The predicted molar refractivity (Wildman–Crippen MR) is 74.4 cm³/mol. The average Bonchev–Trinajstić information content (AvgIpc) is 3.04. The van der Waals surface area contributed by atoms with E-state index < -0.39 is 0 Å². The zero-order chi connectivity index (χ0) is 12.1. The van der Waals surface area contributed by atoms with E-state index in [0.29, 0.717) is 0 Å². The summed E-state index contributed by atoms with van der Waals surface area (Å²) in [6, 6.07) is 8.73. The Morgan fingerprint density at radius 1 is 1.47 bits per heavy atom. The van der Waals surface area contributed by atoms with Crippen LogP contribution in [0.1, 0.15) is 26.2 Å². The number of ether oxygens (including phenoxy) is 1. The molecule has 17 heavy (non-hydrogen) atoms. The second-order valence-corrected chi connectivity index (χ2v) is 5.57. The van der Waals surface area contributed by atoms with Crippen LogP contribution in [0, 0.1) is 5.92 Å². The number of rotatable bonds is 7. The molecule has 2 unspecified atom stereocenters. The molecule has 0 heterocycles. The first-order valence-corrected chi connectivity index (χ1v) is 7.20. The number of nitrogens with one attached hydrogen (secondary N) is 1. The van der Waals surface area contributed by atoms with E-state index >= 15 is 0 Å². The second kappa shape index (κ2) is 6.41. The maximum Gasteiger partial charge on any atom is 0.120 e. The topological polar surface area (TPSA) is 21.3 Å². The van der Waals surface area contributed by atoms with Gasteiger partial charge in [0, 0.05) is 17.1 Å². The van der Waals surface area contributed by atoms with Gasteiger partial charge >= 0.3 is 0 Å². The van der Waals surface area contributed by atoms with Crippen molar-refractivity contribution >= 4 is 15.9 Å². The molecule has 1 fully saturated rings. The molecule has 2 atom stereocenters. The summed E-state index contributed by atoms with van der Waals surface area (Å²) in [6.07, 6.45) is 4.02. The van der Waals surface area contributed by atoms with E-state index in [2.05, 4.69) is 28.2 Å². The van der Waals surface area contributed by atoms with Crippen LogP contribution in [-0.2, 0) is 0 Å². The first-order valence-electron chi connectivity index (χ1n) is 6.41. The van der Waals surface area contributed by atoms with Crippen LogP contribution in [0.15, 0.2) is 28.7 Å². The fourth-order valence-electron chi connectivity index (χ4n) is 2.16. The van der Waals surface area contributed by atoms with Crippen molar-refractivity contribution in [2.75, 3.05) is 13.2 Å². The monoisotopic (exact) mass is 297 g/mol. The van der Waals surface area contributed by atoms with Crippen molar-refractivity contribution in [3.05, 3.63) is 28.7 Å². The average molecular weight is 298 g/mol. The first kappa shape index (κ1) is 12.9. The minimum Gasteiger partial charge on any atom is -0.492 e. The molecule has 1 aliphatic rings. The number of hydrogen-bond donors (Lipinski definition) is 1. The summed E-state index contributed by atoms with van der Waals surface area (Å²) in [7, 11) is 0. The lowest BCUT2D eigenvalue weighted by molar-refractivity contribution is 0.312. The lowest BCUT2D eigenvalue weighted by Gasteiger charge is -2.07. The van der Waals surface area contributed by atoms with Gasteiger partial charge in [-0.05, 0) is 37.0 Å². The van der Waals surface area contributed by atoms with Gasteiger partial charge in [0.05, 0.1) is 0 Å². The van der Waals surface area contributed by atoms with E-state index in [4.69, 9.17) is 4.74 Å². The quantitative estimate of drug-likeness (QED) is 0.777. The minimum atomic E-state index is 0.742. The molecule has 0 amide bonds. The van der Waals surface area contributed by atoms with Gasteiger partial charge in [-0.1, -0.05) is 35.3 Å². The summed E-state index contributed by atoms with van der Waals surface area (Å²) < 4.78 is 6.73. The molecule has 0 aromatic heterocycles. The van der Waals surface area contributed by atoms with Crippen molar-refractivity contribution in [3.63, 3.8) is 0 Å². The van der Waals surface area contributed by atoms with E-state index in [1.54, 1.807) is 0 Å². The van der Waals surface area contributed by atoms with Gasteiger partial charge in [0.15, 0.2) is 0 Å². The van der Waals surface area contributed by atoms with Crippen LogP contribution < -0.4 is 10.1 Å². The Bertz CT molecular complexity index is 356. The second-order valence-electron chi connectivity index (χ2n) is 4.65. The maximum atomic E-state index is 5.67. The summed E-state index contributed by atoms with van der Waals surface area (Å²) in [4.78, 5) is 0. The van der Waals surface area contributed by atoms with E-state index in [1.807, 2.05) is 24.3 Å². The third kappa shape index (κ3) is 4.32. The van der Waals surface area contributed by atoms with E-state index in [0.717, 1.165) is 35.3 Å².